The lowest BCUT2D eigenvalue weighted by atomic mass is 10.00. The van der Waals surface area contributed by atoms with Gasteiger partial charge in [-0.1, -0.05) is 32.0 Å². The number of para-hydroxylation sites is 1. The second-order valence-electron chi connectivity index (χ2n) is 10.6. The van der Waals surface area contributed by atoms with E-state index < -0.39 is 42.5 Å². The fraction of sp³-hybridized carbons (Fsp3) is 0.630. The Morgan fingerprint density at radius 3 is 2.55 bits per heavy atom. The van der Waals surface area contributed by atoms with Crippen molar-refractivity contribution in [1.29, 1.82) is 0 Å². The first kappa shape index (κ1) is 27.8. The second-order valence-corrected chi connectivity index (χ2v) is 10.6. The first-order valence-corrected chi connectivity index (χ1v) is 13.4. The number of ether oxygens (including phenoxy) is 1. The van der Waals surface area contributed by atoms with E-state index >= 15 is 0 Å². The van der Waals surface area contributed by atoms with Crippen LogP contribution < -0.4 is 20.7 Å². The van der Waals surface area contributed by atoms with E-state index in [-0.39, 0.29) is 37.1 Å². The van der Waals surface area contributed by atoms with Crippen LogP contribution in [-0.2, 0) is 19.2 Å². The molecule has 2 saturated heterocycles. The third kappa shape index (κ3) is 6.09. The van der Waals surface area contributed by atoms with E-state index in [1.165, 1.54) is 4.90 Å². The van der Waals surface area contributed by atoms with E-state index in [0.717, 1.165) is 11.3 Å². The predicted molar refractivity (Wildman–Crippen MR) is 138 cm³/mol. The van der Waals surface area contributed by atoms with Crippen LogP contribution >= 0.6 is 0 Å². The minimum absolute atomic E-state index is 0.0414. The molecule has 3 heterocycles. The van der Waals surface area contributed by atoms with E-state index in [4.69, 9.17) is 4.74 Å². The van der Waals surface area contributed by atoms with Crippen LogP contribution in [0.1, 0.15) is 58.1 Å². The smallest absolute Gasteiger partial charge is 0.254 e. The molecular formula is C27H38FN5O5. The molecule has 0 aromatic heterocycles. The van der Waals surface area contributed by atoms with Gasteiger partial charge in [0.15, 0.2) is 6.67 Å². The number of benzene rings is 1. The van der Waals surface area contributed by atoms with Crippen LogP contribution in [0.3, 0.4) is 0 Å². The molecule has 10 nitrogen and oxygen atoms in total. The molecular weight excluding hydrogens is 493 g/mol. The third-order valence-electron chi connectivity index (χ3n) is 7.53. The number of carbonyl (C=O) groups is 4. The number of amides is 4. The Morgan fingerprint density at radius 1 is 1.05 bits per heavy atom. The zero-order valence-corrected chi connectivity index (χ0v) is 22.2. The maximum Gasteiger partial charge on any atom is 0.254 e. The molecule has 0 saturated carbocycles. The fourth-order valence-corrected chi connectivity index (χ4v) is 5.68. The van der Waals surface area contributed by atoms with Crippen LogP contribution in [-0.4, -0.2) is 90.0 Å². The maximum absolute atomic E-state index is 13.9. The van der Waals surface area contributed by atoms with E-state index in [2.05, 4.69) is 16.0 Å². The van der Waals surface area contributed by atoms with Gasteiger partial charge in [0.1, 0.15) is 17.8 Å². The highest BCUT2D eigenvalue weighted by Crippen LogP contribution is 2.33. The van der Waals surface area contributed by atoms with Gasteiger partial charge in [-0.05, 0) is 32.3 Å². The molecule has 0 spiro atoms. The lowest BCUT2D eigenvalue weighted by molar-refractivity contribution is -0.147. The molecule has 3 aliphatic rings. The minimum atomic E-state index is -1.17. The second kappa shape index (κ2) is 12.1. The monoisotopic (exact) mass is 531 g/mol. The van der Waals surface area contributed by atoms with Crippen LogP contribution in [0.2, 0.25) is 0 Å². The topological polar surface area (TPSA) is 120 Å². The van der Waals surface area contributed by atoms with Gasteiger partial charge in [0.25, 0.3) is 5.91 Å². The molecule has 3 N–H and O–H groups in total. The summed E-state index contributed by atoms with van der Waals surface area (Å²) in [6.45, 7) is 4.90. The summed E-state index contributed by atoms with van der Waals surface area (Å²) in [5.74, 6) is -1.06. The molecule has 0 radical (unpaired) electrons. The Labute approximate surface area is 222 Å². The largest absolute Gasteiger partial charge is 0.493 e. The van der Waals surface area contributed by atoms with Gasteiger partial charge in [-0.3, -0.25) is 19.2 Å². The lowest BCUT2D eigenvalue weighted by Crippen LogP contribution is -2.62. The van der Waals surface area contributed by atoms with Crippen LogP contribution in [0, 0.1) is 0 Å². The molecule has 11 heteroatoms. The number of carbonyl (C=O) groups excluding carboxylic acids is 4. The van der Waals surface area contributed by atoms with Crippen LogP contribution in [0.25, 0.3) is 0 Å². The molecule has 4 amide bonds. The Hall–Kier alpha value is -3.21. The summed E-state index contributed by atoms with van der Waals surface area (Å²) >= 11 is 0. The average molecular weight is 532 g/mol. The molecule has 4 rings (SSSR count). The summed E-state index contributed by atoms with van der Waals surface area (Å²) in [6.07, 6.45) is 2.11. The number of fused-ring (bicyclic) bond motifs is 2. The molecule has 2 fully saturated rings. The number of hydrogen-bond acceptors (Lipinski definition) is 6. The SMILES string of the molecule is CC(C)N[C@@H](C)C(=O)N[C@H]1CN(C(=O)CF)CC[C@H]2CC[C@@H](C(=O)N[C@@H]3CCOc4ccccc43)N2C1=O. The normalized spacial score (nSPS) is 26.0. The quantitative estimate of drug-likeness (QED) is 0.484. The molecule has 3 aliphatic heterocycles. The molecule has 1 aromatic carbocycles. The summed E-state index contributed by atoms with van der Waals surface area (Å²) in [7, 11) is 0. The zero-order valence-electron chi connectivity index (χ0n) is 22.2. The van der Waals surface area contributed by atoms with Crippen molar-refractivity contribution < 1.29 is 28.3 Å². The minimum Gasteiger partial charge on any atom is -0.493 e. The number of alkyl halides is 1. The molecule has 208 valence electrons. The number of hydrogen-bond donors (Lipinski definition) is 3. The lowest BCUT2D eigenvalue weighted by Gasteiger charge is -2.39. The molecule has 38 heavy (non-hydrogen) atoms. The standard InChI is InChI=1S/C27H38FN5O5/c1-16(2)29-17(3)25(35)31-21-15-32(24(34)14-28)12-10-18-8-9-22(33(18)27(21)37)26(36)30-20-11-13-38-23-7-5-4-6-19(20)23/h4-7,16-18,20-22,29H,8-15H2,1-3H3,(H,30,36)(H,31,35)/t17-,18+,20+,21-,22-/m0/s1. The zero-order chi connectivity index (χ0) is 27.4. The van der Waals surface area contributed by atoms with Gasteiger partial charge in [-0.2, -0.15) is 0 Å². The number of nitrogens with one attached hydrogen (secondary N) is 3. The maximum atomic E-state index is 13.9. The van der Waals surface area contributed by atoms with Gasteiger partial charge in [0, 0.05) is 37.2 Å². The predicted octanol–water partition coefficient (Wildman–Crippen LogP) is 1.06. The van der Waals surface area contributed by atoms with Gasteiger partial charge < -0.3 is 30.5 Å². The van der Waals surface area contributed by atoms with Crippen LogP contribution in [0.5, 0.6) is 5.75 Å². The average Bonchev–Trinajstić information content (AvgIpc) is 3.32. The number of halogens is 1. The van der Waals surface area contributed by atoms with Crippen molar-refractivity contribution in [3.05, 3.63) is 29.8 Å². The molecule has 5 atom stereocenters. The molecule has 0 bridgehead atoms. The van der Waals surface area contributed by atoms with Gasteiger partial charge in [-0.25, -0.2) is 4.39 Å². The number of nitrogens with zero attached hydrogens (tertiary/aromatic N) is 2. The summed E-state index contributed by atoms with van der Waals surface area (Å²) in [4.78, 5) is 55.5. The Morgan fingerprint density at radius 2 is 1.82 bits per heavy atom. The van der Waals surface area contributed by atoms with E-state index in [9.17, 15) is 23.6 Å². The first-order chi connectivity index (χ1) is 18.2. The van der Waals surface area contributed by atoms with Crippen LogP contribution in [0.15, 0.2) is 24.3 Å². The summed E-state index contributed by atoms with van der Waals surface area (Å²) in [5, 5.41) is 8.97. The van der Waals surface area contributed by atoms with Gasteiger partial charge >= 0.3 is 0 Å². The van der Waals surface area contributed by atoms with Crippen molar-refractivity contribution in [2.75, 3.05) is 26.4 Å². The van der Waals surface area contributed by atoms with Crippen molar-refractivity contribution >= 4 is 23.6 Å². The highest BCUT2D eigenvalue weighted by molar-refractivity contribution is 5.94. The highest BCUT2D eigenvalue weighted by Gasteiger charge is 2.46. The Balaban J connectivity index is 1.54. The van der Waals surface area contributed by atoms with Crippen molar-refractivity contribution in [2.24, 2.45) is 0 Å². The third-order valence-corrected chi connectivity index (χ3v) is 7.53. The van der Waals surface area contributed by atoms with Gasteiger partial charge in [0.2, 0.25) is 17.7 Å². The fourth-order valence-electron chi connectivity index (χ4n) is 5.68. The van der Waals surface area contributed by atoms with Gasteiger partial charge in [0.05, 0.1) is 18.7 Å². The summed E-state index contributed by atoms with van der Waals surface area (Å²) in [5.41, 5.74) is 0.901. The first-order valence-electron chi connectivity index (χ1n) is 13.4. The molecule has 1 aromatic rings. The van der Waals surface area contributed by atoms with Crippen molar-refractivity contribution in [3.8, 4) is 5.75 Å². The Bertz CT molecular complexity index is 1050. The highest BCUT2D eigenvalue weighted by atomic mass is 19.1. The van der Waals surface area contributed by atoms with Gasteiger partial charge in [-0.15, -0.1) is 0 Å². The number of rotatable bonds is 7. The van der Waals surface area contributed by atoms with Crippen molar-refractivity contribution in [3.63, 3.8) is 0 Å². The van der Waals surface area contributed by atoms with Crippen molar-refractivity contribution in [1.82, 2.24) is 25.8 Å². The van der Waals surface area contributed by atoms with E-state index in [1.807, 2.05) is 38.1 Å². The molecule has 0 aliphatic carbocycles. The summed E-state index contributed by atoms with van der Waals surface area (Å²) < 4.78 is 19.0. The Kier molecular flexibility index (Phi) is 8.86. The van der Waals surface area contributed by atoms with Crippen LogP contribution in [0.4, 0.5) is 4.39 Å². The van der Waals surface area contributed by atoms with E-state index in [0.29, 0.717) is 32.3 Å². The molecule has 0 unspecified atom stereocenters. The van der Waals surface area contributed by atoms with E-state index in [1.54, 1.807) is 11.8 Å². The van der Waals surface area contributed by atoms with Crippen molar-refractivity contribution in [2.45, 2.75) is 82.7 Å². The summed E-state index contributed by atoms with van der Waals surface area (Å²) in [6, 6.07) is 4.72.